The summed E-state index contributed by atoms with van der Waals surface area (Å²) in [6, 6.07) is 7.15. The Hall–Kier alpha value is -2.04. The number of Topliss-reactive ketones (excluding diaryl/α,β-unsaturated/α-hetero) is 1. The number of benzene rings is 1. The molecular weight excluding hydrogens is 210 g/mol. The Balaban J connectivity index is 0.000000280. The molecule has 1 saturated carbocycles. The lowest BCUT2D eigenvalue weighted by Gasteiger charge is -1.98. The molecule has 0 atom stereocenters. The molecule has 86 valence electrons. The third-order valence-corrected chi connectivity index (χ3v) is 2.14. The van der Waals surface area contributed by atoms with Crippen LogP contribution >= 0.6 is 0 Å². The molecule has 0 heterocycles. The van der Waals surface area contributed by atoms with Crippen LogP contribution in [0.5, 0.6) is 0 Å². The van der Waals surface area contributed by atoms with Crippen molar-refractivity contribution in [2.24, 2.45) is 5.92 Å². The van der Waals surface area contributed by atoms with Gasteiger partial charge in [0.15, 0.2) is 5.78 Å². The van der Waals surface area contributed by atoms with Crippen molar-refractivity contribution >= 4 is 17.6 Å². The normalized spacial score (nSPS) is 13.5. The molecular formula is C11H13NO4. The molecule has 2 rings (SSSR count). The molecule has 0 spiro atoms. The number of hydrogen-bond donors (Lipinski definition) is 3. The zero-order chi connectivity index (χ0) is 12.1. The summed E-state index contributed by atoms with van der Waals surface area (Å²) in [6.45, 7) is 0. The lowest BCUT2D eigenvalue weighted by molar-refractivity contribution is 0.0967. The number of hydrogen-bond acceptors (Lipinski definition) is 3. The maximum Gasteiger partial charge on any atom is 0.503 e. The highest BCUT2D eigenvalue weighted by Crippen LogP contribution is 2.32. The van der Waals surface area contributed by atoms with E-state index in [0.717, 1.165) is 18.4 Å². The van der Waals surface area contributed by atoms with Crippen molar-refractivity contribution in [1.82, 2.24) is 0 Å². The third-order valence-electron chi connectivity index (χ3n) is 2.14. The van der Waals surface area contributed by atoms with E-state index in [4.69, 9.17) is 20.7 Å². The van der Waals surface area contributed by atoms with Gasteiger partial charge in [0.1, 0.15) is 0 Å². The zero-order valence-electron chi connectivity index (χ0n) is 8.59. The van der Waals surface area contributed by atoms with Gasteiger partial charge in [-0.05, 0) is 37.1 Å². The summed E-state index contributed by atoms with van der Waals surface area (Å²) >= 11 is 0. The quantitative estimate of drug-likeness (QED) is 0.526. The standard InChI is InChI=1S/C10H11NO.CH2O3/c11-9-5-3-8(4-6-9)10(12)7-1-2-7;2-1(3)4/h3-7H,1-2,11H2;(H2,2,3,4). The number of carboxylic acid groups (broad SMARTS) is 2. The molecule has 1 aromatic rings. The van der Waals surface area contributed by atoms with E-state index in [-0.39, 0.29) is 5.78 Å². The first-order valence-corrected chi connectivity index (χ1v) is 4.82. The van der Waals surface area contributed by atoms with Gasteiger partial charge in [-0.2, -0.15) is 0 Å². The van der Waals surface area contributed by atoms with Gasteiger partial charge in [-0.1, -0.05) is 0 Å². The van der Waals surface area contributed by atoms with Crippen LogP contribution in [0.3, 0.4) is 0 Å². The van der Waals surface area contributed by atoms with Gasteiger partial charge in [0.25, 0.3) is 0 Å². The molecule has 1 aliphatic rings. The van der Waals surface area contributed by atoms with Crippen molar-refractivity contribution in [2.75, 3.05) is 5.73 Å². The SMILES string of the molecule is Nc1ccc(C(=O)C2CC2)cc1.O=C(O)O. The van der Waals surface area contributed by atoms with Crippen molar-refractivity contribution in [3.8, 4) is 0 Å². The van der Waals surface area contributed by atoms with Crippen LogP contribution in [-0.4, -0.2) is 22.2 Å². The van der Waals surface area contributed by atoms with Crippen molar-refractivity contribution in [3.05, 3.63) is 29.8 Å². The minimum absolute atomic E-state index is 0.273. The Morgan fingerprint density at radius 3 is 1.94 bits per heavy atom. The van der Waals surface area contributed by atoms with Crippen LogP contribution < -0.4 is 5.73 Å². The Morgan fingerprint density at radius 2 is 1.56 bits per heavy atom. The second-order valence-electron chi connectivity index (χ2n) is 3.54. The van der Waals surface area contributed by atoms with Gasteiger partial charge in [0.2, 0.25) is 0 Å². The van der Waals surface area contributed by atoms with Gasteiger partial charge in [0, 0.05) is 17.2 Å². The van der Waals surface area contributed by atoms with Gasteiger partial charge < -0.3 is 15.9 Å². The number of rotatable bonds is 2. The molecule has 0 radical (unpaired) electrons. The number of ketones is 1. The van der Waals surface area contributed by atoms with E-state index < -0.39 is 6.16 Å². The zero-order valence-corrected chi connectivity index (χ0v) is 8.59. The fourth-order valence-electron chi connectivity index (χ4n) is 1.23. The highest BCUT2D eigenvalue weighted by atomic mass is 16.6. The van der Waals surface area contributed by atoms with Crippen molar-refractivity contribution in [1.29, 1.82) is 0 Å². The number of carbonyl (C=O) groups excluding carboxylic acids is 1. The Kier molecular flexibility index (Phi) is 3.88. The predicted molar refractivity (Wildman–Crippen MR) is 58.6 cm³/mol. The fraction of sp³-hybridized carbons (Fsp3) is 0.273. The molecule has 1 aromatic carbocycles. The Bertz CT molecular complexity index is 377. The van der Waals surface area contributed by atoms with Gasteiger partial charge in [0.05, 0.1) is 0 Å². The monoisotopic (exact) mass is 223 g/mol. The first kappa shape index (κ1) is 12.0. The summed E-state index contributed by atoms with van der Waals surface area (Å²) in [5.41, 5.74) is 7.02. The van der Waals surface area contributed by atoms with Gasteiger partial charge >= 0.3 is 6.16 Å². The number of nitrogens with two attached hydrogens (primary N) is 1. The van der Waals surface area contributed by atoms with Crippen LogP contribution in [0, 0.1) is 5.92 Å². The average molecular weight is 223 g/mol. The third kappa shape index (κ3) is 4.00. The molecule has 0 bridgehead atoms. The summed E-state index contributed by atoms with van der Waals surface area (Å²) in [6.07, 6.45) is 0.284. The van der Waals surface area contributed by atoms with Crippen LogP contribution in [0.1, 0.15) is 23.2 Å². The van der Waals surface area contributed by atoms with E-state index in [1.807, 2.05) is 0 Å². The van der Waals surface area contributed by atoms with Gasteiger partial charge in [-0.3, -0.25) is 4.79 Å². The topological polar surface area (TPSA) is 101 Å². The van der Waals surface area contributed by atoms with E-state index in [9.17, 15) is 4.79 Å². The van der Waals surface area contributed by atoms with E-state index in [2.05, 4.69) is 0 Å². The van der Waals surface area contributed by atoms with Crippen molar-refractivity contribution < 1.29 is 19.8 Å². The Morgan fingerprint density at radius 1 is 1.12 bits per heavy atom. The van der Waals surface area contributed by atoms with E-state index >= 15 is 0 Å². The van der Waals surface area contributed by atoms with Crippen molar-refractivity contribution in [2.45, 2.75) is 12.8 Å². The lowest BCUT2D eigenvalue weighted by Crippen LogP contribution is -2.00. The highest BCUT2D eigenvalue weighted by Gasteiger charge is 2.30. The molecule has 0 aromatic heterocycles. The average Bonchev–Trinajstić information content (AvgIpc) is 3.00. The summed E-state index contributed by atoms with van der Waals surface area (Å²) in [7, 11) is 0. The second-order valence-corrected chi connectivity index (χ2v) is 3.54. The largest absolute Gasteiger partial charge is 0.503 e. The first-order chi connectivity index (χ1) is 7.50. The second kappa shape index (κ2) is 5.16. The molecule has 0 amide bonds. The highest BCUT2D eigenvalue weighted by molar-refractivity contribution is 5.99. The molecule has 16 heavy (non-hydrogen) atoms. The molecule has 1 fully saturated rings. The fourth-order valence-corrected chi connectivity index (χ4v) is 1.23. The van der Waals surface area contributed by atoms with Gasteiger partial charge in [-0.15, -0.1) is 0 Å². The van der Waals surface area contributed by atoms with Crippen molar-refractivity contribution in [3.63, 3.8) is 0 Å². The van der Waals surface area contributed by atoms with Crippen LogP contribution in [0.4, 0.5) is 10.5 Å². The first-order valence-electron chi connectivity index (χ1n) is 4.82. The predicted octanol–water partition coefficient (Wildman–Crippen LogP) is 2.08. The molecule has 1 aliphatic carbocycles. The number of nitrogen functional groups attached to an aromatic ring is 1. The summed E-state index contributed by atoms with van der Waals surface area (Å²) in [5.74, 6) is 0.573. The van der Waals surface area contributed by atoms with Crippen LogP contribution in [0.2, 0.25) is 0 Å². The van der Waals surface area contributed by atoms with Crippen LogP contribution in [0.25, 0.3) is 0 Å². The molecule has 0 saturated heterocycles. The number of carbonyl (C=O) groups is 2. The summed E-state index contributed by atoms with van der Waals surface area (Å²) in [4.78, 5) is 20.0. The maximum atomic E-state index is 11.5. The van der Waals surface area contributed by atoms with E-state index in [0.29, 0.717) is 11.6 Å². The van der Waals surface area contributed by atoms with E-state index in [1.165, 1.54) is 0 Å². The van der Waals surface area contributed by atoms with Crippen LogP contribution in [-0.2, 0) is 0 Å². The Labute approximate surface area is 92.5 Å². The summed E-state index contributed by atoms with van der Waals surface area (Å²) in [5, 5.41) is 13.9. The van der Waals surface area contributed by atoms with Gasteiger partial charge in [-0.25, -0.2) is 4.79 Å². The minimum Gasteiger partial charge on any atom is -0.450 e. The summed E-state index contributed by atoms with van der Waals surface area (Å²) < 4.78 is 0. The molecule has 0 unspecified atom stereocenters. The minimum atomic E-state index is -1.83. The van der Waals surface area contributed by atoms with Crippen LogP contribution in [0.15, 0.2) is 24.3 Å². The van der Waals surface area contributed by atoms with E-state index in [1.54, 1.807) is 24.3 Å². The molecule has 5 nitrogen and oxygen atoms in total. The lowest BCUT2D eigenvalue weighted by atomic mass is 10.1. The number of anilines is 1. The maximum absolute atomic E-state index is 11.5. The molecule has 0 aliphatic heterocycles. The molecule has 5 heteroatoms. The smallest absolute Gasteiger partial charge is 0.450 e. The molecule has 4 N–H and O–H groups in total.